The lowest BCUT2D eigenvalue weighted by molar-refractivity contribution is 0.0349. The Morgan fingerprint density at radius 2 is 1.26 bits per heavy atom. The van der Waals surface area contributed by atoms with Crippen LogP contribution in [0.1, 0.15) is 73.0 Å². The molecule has 182 valence electrons. The second kappa shape index (κ2) is 11.3. The van der Waals surface area contributed by atoms with Crippen molar-refractivity contribution in [3.05, 3.63) is 84.2 Å². The molecule has 0 atom stereocenters. The monoisotopic (exact) mass is 468 g/mol. The number of hydrogen-bond donors (Lipinski definition) is 3. The Kier molecular flexibility index (Phi) is 8.80. The fourth-order valence-electron chi connectivity index (χ4n) is 2.51. The van der Waals surface area contributed by atoms with Gasteiger partial charge in [0.05, 0.1) is 18.1 Å². The Bertz CT molecular complexity index is 1050. The van der Waals surface area contributed by atoms with Crippen LogP contribution in [0.15, 0.2) is 76.0 Å². The van der Waals surface area contributed by atoms with E-state index in [1.807, 2.05) is 47.6 Å². The number of furan rings is 2. The third-order valence-electron chi connectivity index (χ3n) is 4.15. The van der Waals surface area contributed by atoms with Gasteiger partial charge in [-0.15, -0.1) is 0 Å². The summed E-state index contributed by atoms with van der Waals surface area (Å²) in [6.07, 6.45) is 2.88. The minimum absolute atomic E-state index is 0.151. The number of carbonyl (C=O) groups excluding carboxylic acids is 3. The van der Waals surface area contributed by atoms with Gasteiger partial charge in [-0.3, -0.25) is 25.2 Å². The fourth-order valence-corrected chi connectivity index (χ4v) is 2.51. The summed E-state index contributed by atoms with van der Waals surface area (Å²) in [7, 11) is 0. The van der Waals surface area contributed by atoms with Crippen LogP contribution in [0, 0.1) is 0 Å². The molecule has 0 saturated heterocycles. The highest BCUT2D eigenvalue weighted by molar-refractivity contribution is 5.98. The van der Waals surface area contributed by atoms with Crippen LogP contribution in [0.4, 0.5) is 0 Å². The first-order chi connectivity index (χ1) is 15.9. The number of nitrogens with zero attached hydrogens (tertiary/aromatic N) is 1. The van der Waals surface area contributed by atoms with E-state index in [-0.39, 0.29) is 23.1 Å². The van der Waals surface area contributed by atoms with Crippen LogP contribution in [0.3, 0.4) is 0 Å². The van der Waals surface area contributed by atoms with Crippen LogP contribution >= 0.6 is 0 Å². The number of nitrogens with one attached hydrogen (secondary N) is 3. The van der Waals surface area contributed by atoms with Crippen molar-refractivity contribution in [1.82, 2.24) is 21.3 Å². The number of rotatable bonds is 4. The summed E-state index contributed by atoms with van der Waals surface area (Å²) in [4.78, 5) is 36.0. The molecule has 0 saturated carbocycles. The predicted octanol–water partition coefficient (Wildman–Crippen LogP) is 4.18. The molecule has 3 aromatic rings. The summed E-state index contributed by atoms with van der Waals surface area (Å²) >= 11 is 0. The zero-order valence-corrected chi connectivity index (χ0v) is 20.3. The summed E-state index contributed by atoms with van der Waals surface area (Å²) in [5.74, 6) is -0.538. The Morgan fingerprint density at radius 3 is 1.71 bits per heavy atom. The Hall–Kier alpha value is -3.85. The van der Waals surface area contributed by atoms with Crippen molar-refractivity contribution in [2.24, 2.45) is 0 Å². The summed E-state index contributed by atoms with van der Waals surface area (Å²) < 4.78 is 9.95. The molecule has 9 heteroatoms. The van der Waals surface area contributed by atoms with E-state index in [2.05, 4.69) is 16.3 Å². The smallest absolute Gasteiger partial charge is 0.305 e. The maximum Gasteiger partial charge on any atom is 0.305 e. The molecule has 3 amide bonds. The van der Waals surface area contributed by atoms with Gasteiger partial charge in [-0.2, -0.15) is 0 Å². The Labute approximate surface area is 199 Å². The SMILES string of the molecule is CC(C)(C)N(NC(=O)c1ccco1)C(=O)c1ccccc1.CC(C)(C)NNC(=O)c1ccco1. The third kappa shape index (κ3) is 8.25. The highest BCUT2D eigenvalue weighted by Crippen LogP contribution is 2.16. The Balaban J connectivity index is 0.000000270. The molecule has 0 aliphatic heterocycles. The van der Waals surface area contributed by atoms with E-state index >= 15 is 0 Å². The second-order valence-electron chi connectivity index (χ2n) is 9.40. The molecule has 0 aliphatic rings. The third-order valence-corrected chi connectivity index (χ3v) is 4.15. The van der Waals surface area contributed by atoms with Crippen molar-refractivity contribution in [3.8, 4) is 0 Å². The molecule has 0 aliphatic carbocycles. The Morgan fingerprint density at radius 1 is 0.735 bits per heavy atom. The zero-order valence-electron chi connectivity index (χ0n) is 20.3. The first-order valence-electron chi connectivity index (χ1n) is 10.7. The maximum atomic E-state index is 12.6. The van der Waals surface area contributed by atoms with E-state index in [1.54, 1.807) is 48.5 Å². The minimum Gasteiger partial charge on any atom is -0.459 e. The lowest BCUT2D eigenvalue weighted by atomic mass is 10.1. The van der Waals surface area contributed by atoms with Crippen molar-refractivity contribution in [1.29, 1.82) is 0 Å². The number of hydrogen-bond acceptors (Lipinski definition) is 6. The largest absolute Gasteiger partial charge is 0.459 e. The van der Waals surface area contributed by atoms with Crippen LogP contribution in [-0.4, -0.2) is 33.8 Å². The molecule has 0 spiro atoms. The number of hydrazine groups is 2. The first-order valence-corrected chi connectivity index (χ1v) is 10.7. The number of benzene rings is 1. The summed E-state index contributed by atoms with van der Waals surface area (Å²) in [6.45, 7) is 11.4. The van der Waals surface area contributed by atoms with Crippen LogP contribution < -0.4 is 16.3 Å². The van der Waals surface area contributed by atoms with Crippen molar-refractivity contribution < 1.29 is 23.2 Å². The van der Waals surface area contributed by atoms with Gasteiger partial charge in [0.25, 0.3) is 5.91 Å². The molecule has 0 bridgehead atoms. The van der Waals surface area contributed by atoms with E-state index < -0.39 is 11.4 Å². The van der Waals surface area contributed by atoms with Gasteiger partial charge < -0.3 is 8.83 Å². The molecule has 3 rings (SSSR count). The van der Waals surface area contributed by atoms with E-state index in [9.17, 15) is 14.4 Å². The first kappa shape index (κ1) is 26.4. The van der Waals surface area contributed by atoms with Gasteiger partial charge in [-0.05, 0) is 77.9 Å². The molecule has 0 fully saturated rings. The molecule has 0 unspecified atom stereocenters. The topological polar surface area (TPSA) is 117 Å². The van der Waals surface area contributed by atoms with Gasteiger partial charge in [0.1, 0.15) is 0 Å². The standard InChI is InChI=1S/C16H18N2O3.C9H14N2O2/c1-16(2,3)18(15(20)12-8-5-4-6-9-12)17-14(19)13-10-7-11-21-13;1-9(2,3)11-10-8(12)7-5-4-6-13-7/h4-11H,1-3H3,(H,17,19);4-6,11H,1-3H3,(H,10,12). The van der Waals surface area contributed by atoms with Crippen molar-refractivity contribution in [2.75, 3.05) is 0 Å². The summed E-state index contributed by atoms with van der Waals surface area (Å²) in [5.41, 5.74) is 7.78. The van der Waals surface area contributed by atoms with Gasteiger partial charge in [0.2, 0.25) is 0 Å². The van der Waals surface area contributed by atoms with Crippen LogP contribution in [0.5, 0.6) is 0 Å². The normalized spacial score (nSPS) is 11.1. The quantitative estimate of drug-likeness (QED) is 0.495. The molecule has 9 nitrogen and oxygen atoms in total. The van der Waals surface area contributed by atoms with E-state index in [0.29, 0.717) is 11.3 Å². The fraction of sp³-hybridized carbons (Fsp3) is 0.320. The molecular weight excluding hydrogens is 436 g/mol. The van der Waals surface area contributed by atoms with Crippen LogP contribution in [0.2, 0.25) is 0 Å². The van der Waals surface area contributed by atoms with Crippen molar-refractivity contribution >= 4 is 17.7 Å². The van der Waals surface area contributed by atoms with Gasteiger partial charge in [0.15, 0.2) is 11.5 Å². The van der Waals surface area contributed by atoms with Crippen molar-refractivity contribution in [2.45, 2.75) is 52.6 Å². The molecule has 3 N–H and O–H groups in total. The maximum absolute atomic E-state index is 12.6. The zero-order chi connectivity index (χ0) is 25.4. The van der Waals surface area contributed by atoms with E-state index in [4.69, 9.17) is 8.83 Å². The van der Waals surface area contributed by atoms with Gasteiger partial charge in [-0.1, -0.05) is 18.2 Å². The summed E-state index contributed by atoms with van der Waals surface area (Å²) in [6, 6.07) is 15.3. The molecule has 1 aromatic carbocycles. The van der Waals surface area contributed by atoms with Gasteiger partial charge >= 0.3 is 11.8 Å². The second-order valence-corrected chi connectivity index (χ2v) is 9.40. The minimum atomic E-state index is -0.574. The highest BCUT2D eigenvalue weighted by Gasteiger charge is 2.30. The molecule has 2 heterocycles. The summed E-state index contributed by atoms with van der Waals surface area (Å²) in [5, 5.41) is 1.31. The van der Waals surface area contributed by atoms with E-state index in [1.165, 1.54) is 17.5 Å². The van der Waals surface area contributed by atoms with Crippen LogP contribution in [-0.2, 0) is 0 Å². The lowest BCUT2D eigenvalue weighted by Gasteiger charge is -2.35. The predicted molar refractivity (Wildman–Crippen MR) is 128 cm³/mol. The lowest BCUT2D eigenvalue weighted by Crippen LogP contribution is -2.55. The van der Waals surface area contributed by atoms with E-state index in [0.717, 1.165) is 0 Å². The molecule has 34 heavy (non-hydrogen) atoms. The number of carbonyl (C=O) groups is 3. The van der Waals surface area contributed by atoms with Crippen LogP contribution in [0.25, 0.3) is 0 Å². The average molecular weight is 469 g/mol. The average Bonchev–Trinajstić information content (AvgIpc) is 3.49. The number of amides is 3. The molecule has 2 aromatic heterocycles. The highest BCUT2D eigenvalue weighted by atomic mass is 16.3. The van der Waals surface area contributed by atoms with Crippen molar-refractivity contribution in [3.63, 3.8) is 0 Å². The molecule has 0 radical (unpaired) electrons. The molecular formula is C25H32N4O5. The van der Waals surface area contributed by atoms with Gasteiger partial charge in [0, 0.05) is 11.1 Å². The van der Waals surface area contributed by atoms with Gasteiger partial charge in [-0.25, -0.2) is 10.4 Å².